The maximum absolute atomic E-state index is 4.22. The van der Waals surface area contributed by atoms with Gasteiger partial charge in [0, 0.05) is 30.9 Å². The minimum Gasteiger partial charge on any atom is -0.303 e. The minimum atomic E-state index is 0.535. The molecule has 2 nitrogen and oxygen atoms in total. The van der Waals surface area contributed by atoms with Crippen molar-refractivity contribution < 1.29 is 0 Å². The fourth-order valence-corrected chi connectivity index (χ4v) is 1.79. The van der Waals surface area contributed by atoms with Crippen LogP contribution in [0, 0.1) is 0 Å². The van der Waals surface area contributed by atoms with Gasteiger partial charge in [-0.25, -0.2) is 0 Å². The van der Waals surface area contributed by atoms with Crippen molar-refractivity contribution in [2.45, 2.75) is 39.2 Å². The molecule has 0 radical (unpaired) electrons. The van der Waals surface area contributed by atoms with Crippen molar-refractivity contribution in [1.29, 1.82) is 0 Å². The third-order valence-corrected chi connectivity index (χ3v) is 3.20. The van der Waals surface area contributed by atoms with Crippen LogP contribution in [-0.4, -0.2) is 29.5 Å². The summed E-state index contributed by atoms with van der Waals surface area (Å²) < 4.78 is 0. The Morgan fingerprint density at radius 1 is 1.41 bits per heavy atom. The number of nitrogens with zero attached hydrogens (tertiary/aromatic N) is 2. The van der Waals surface area contributed by atoms with Gasteiger partial charge in [0.2, 0.25) is 0 Å². The lowest BCUT2D eigenvalue weighted by atomic mass is 9.96. The van der Waals surface area contributed by atoms with Crippen LogP contribution in [0.25, 0.3) is 0 Å². The molecule has 1 aromatic rings. The number of hydrogen-bond acceptors (Lipinski definition) is 2. The van der Waals surface area contributed by atoms with Gasteiger partial charge >= 0.3 is 0 Å². The fraction of sp³-hybridized carbons (Fsp3) is 0.533. The molecule has 94 valence electrons. The molecule has 0 N–H and O–H groups in total. The molecule has 0 aliphatic heterocycles. The molecule has 1 rings (SSSR count). The highest BCUT2D eigenvalue weighted by molar-refractivity contribution is 5.16. The van der Waals surface area contributed by atoms with Crippen LogP contribution >= 0.6 is 0 Å². The molecule has 0 saturated carbocycles. The predicted octanol–water partition coefficient (Wildman–Crippen LogP) is 3.47. The van der Waals surface area contributed by atoms with Gasteiger partial charge in [-0.15, -0.1) is 0 Å². The average Bonchev–Trinajstić information content (AvgIpc) is 2.35. The average molecular weight is 232 g/mol. The Morgan fingerprint density at radius 3 is 2.71 bits per heavy atom. The van der Waals surface area contributed by atoms with Crippen LogP contribution in [0.4, 0.5) is 0 Å². The molecule has 0 spiro atoms. The van der Waals surface area contributed by atoms with Crippen molar-refractivity contribution in [2.24, 2.45) is 0 Å². The van der Waals surface area contributed by atoms with Crippen LogP contribution in [0.2, 0.25) is 0 Å². The van der Waals surface area contributed by atoms with E-state index in [0.717, 1.165) is 13.0 Å². The Kier molecular flexibility index (Phi) is 5.92. The first-order valence-corrected chi connectivity index (χ1v) is 6.36. The summed E-state index contributed by atoms with van der Waals surface area (Å²) in [4.78, 5) is 6.61. The summed E-state index contributed by atoms with van der Waals surface area (Å²) >= 11 is 0. The highest BCUT2D eigenvalue weighted by Crippen LogP contribution is 2.21. The molecule has 0 fully saturated rings. The van der Waals surface area contributed by atoms with E-state index in [1.165, 1.54) is 5.56 Å². The summed E-state index contributed by atoms with van der Waals surface area (Å²) in [6, 6.07) is 4.78. The Morgan fingerprint density at radius 2 is 2.18 bits per heavy atom. The van der Waals surface area contributed by atoms with Crippen molar-refractivity contribution in [1.82, 2.24) is 9.88 Å². The zero-order valence-electron chi connectivity index (χ0n) is 11.4. The maximum atomic E-state index is 4.22. The fourth-order valence-electron chi connectivity index (χ4n) is 1.79. The molecule has 1 unspecified atom stereocenters. The molecule has 0 aliphatic rings. The first-order chi connectivity index (χ1) is 8.15. The standard InChI is InChI=1S/C15H24N2/c1-5-6-8-15(12-17(4)13(2)3)14-9-7-10-16-11-14/h5-7,9-11,13,15H,8,12H2,1-4H3/b6-5+. The van der Waals surface area contributed by atoms with Crippen LogP contribution < -0.4 is 0 Å². The van der Waals surface area contributed by atoms with Gasteiger partial charge in [-0.3, -0.25) is 4.98 Å². The van der Waals surface area contributed by atoms with Crippen LogP contribution in [-0.2, 0) is 0 Å². The quantitative estimate of drug-likeness (QED) is 0.698. The highest BCUT2D eigenvalue weighted by atomic mass is 15.1. The minimum absolute atomic E-state index is 0.535. The number of allylic oxidation sites excluding steroid dienone is 2. The van der Waals surface area contributed by atoms with E-state index in [1.54, 1.807) is 0 Å². The van der Waals surface area contributed by atoms with Crippen LogP contribution in [0.1, 0.15) is 38.7 Å². The van der Waals surface area contributed by atoms with Gasteiger partial charge in [-0.1, -0.05) is 18.2 Å². The molecule has 0 aromatic carbocycles. The first kappa shape index (κ1) is 13.9. The molecule has 0 amide bonds. The molecule has 0 saturated heterocycles. The summed E-state index contributed by atoms with van der Waals surface area (Å²) in [5.41, 5.74) is 1.33. The Labute approximate surface area is 105 Å². The molecule has 2 heteroatoms. The summed E-state index contributed by atoms with van der Waals surface area (Å²) in [6.07, 6.45) is 9.27. The monoisotopic (exact) mass is 232 g/mol. The van der Waals surface area contributed by atoms with Crippen LogP contribution in [0.3, 0.4) is 0 Å². The predicted molar refractivity (Wildman–Crippen MR) is 74.2 cm³/mol. The van der Waals surface area contributed by atoms with Gasteiger partial charge in [-0.2, -0.15) is 0 Å². The molecule has 0 aliphatic carbocycles. The Balaban J connectivity index is 2.74. The molecular weight excluding hydrogens is 208 g/mol. The van der Waals surface area contributed by atoms with Gasteiger partial charge in [-0.05, 0) is 45.9 Å². The van der Waals surface area contributed by atoms with Crippen molar-refractivity contribution in [3.63, 3.8) is 0 Å². The lowest BCUT2D eigenvalue weighted by Crippen LogP contribution is -2.30. The Bertz CT molecular complexity index is 330. The van der Waals surface area contributed by atoms with Crippen LogP contribution in [0.15, 0.2) is 36.7 Å². The van der Waals surface area contributed by atoms with Gasteiger partial charge in [0.15, 0.2) is 0 Å². The van der Waals surface area contributed by atoms with E-state index < -0.39 is 0 Å². The van der Waals surface area contributed by atoms with E-state index in [4.69, 9.17) is 0 Å². The van der Waals surface area contributed by atoms with Gasteiger partial charge in [0.05, 0.1) is 0 Å². The first-order valence-electron chi connectivity index (χ1n) is 6.36. The summed E-state index contributed by atoms with van der Waals surface area (Å²) in [5.74, 6) is 0.535. The second-order valence-corrected chi connectivity index (χ2v) is 4.82. The summed E-state index contributed by atoms with van der Waals surface area (Å²) in [7, 11) is 2.18. The Hall–Kier alpha value is -1.15. The summed E-state index contributed by atoms with van der Waals surface area (Å²) in [6.45, 7) is 7.62. The molecule has 1 heterocycles. The largest absolute Gasteiger partial charge is 0.303 e. The second-order valence-electron chi connectivity index (χ2n) is 4.82. The van der Waals surface area contributed by atoms with Crippen molar-refractivity contribution >= 4 is 0 Å². The van der Waals surface area contributed by atoms with Crippen molar-refractivity contribution in [2.75, 3.05) is 13.6 Å². The van der Waals surface area contributed by atoms with E-state index in [0.29, 0.717) is 12.0 Å². The maximum Gasteiger partial charge on any atom is 0.0303 e. The lowest BCUT2D eigenvalue weighted by molar-refractivity contribution is 0.256. The van der Waals surface area contributed by atoms with E-state index in [9.17, 15) is 0 Å². The molecule has 0 bridgehead atoms. The summed E-state index contributed by atoms with van der Waals surface area (Å²) in [5, 5.41) is 0. The number of pyridine rings is 1. The lowest BCUT2D eigenvalue weighted by Gasteiger charge is -2.26. The smallest absolute Gasteiger partial charge is 0.0303 e. The molecule has 17 heavy (non-hydrogen) atoms. The van der Waals surface area contributed by atoms with Gasteiger partial charge in [0.1, 0.15) is 0 Å². The van der Waals surface area contributed by atoms with Crippen LogP contribution in [0.5, 0.6) is 0 Å². The third-order valence-electron chi connectivity index (χ3n) is 3.20. The topological polar surface area (TPSA) is 16.1 Å². The van der Waals surface area contributed by atoms with E-state index in [2.05, 4.69) is 55.9 Å². The zero-order valence-corrected chi connectivity index (χ0v) is 11.4. The molecule has 1 atom stereocenters. The molecule has 1 aromatic heterocycles. The van der Waals surface area contributed by atoms with Crippen molar-refractivity contribution in [3.8, 4) is 0 Å². The second kappa shape index (κ2) is 7.23. The highest BCUT2D eigenvalue weighted by Gasteiger charge is 2.14. The van der Waals surface area contributed by atoms with Crippen molar-refractivity contribution in [3.05, 3.63) is 42.2 Å². The van der Waals surface area contributed by atoms with E-state index in [-0.39, 0.29) is 0 Å². The SMILES string of the molecule is C/C=C/CC(CN(C)C(C)C)c1cccnc1. The molecular formula is C15H24N2. The van der Waals surface area contributed by atoms with Gasteiger partial charge < -0.3 is 4.90 Å². The van der Waals surface area contributed by atoms with E-state index >= 15 is 0 Å². The van der Waals surface area contributed by atoms with E-state index in [1.807, 2.05) is 18.5 Å². The number of hydrogen-bond donors (Lipinski definition) is 0. The normalized spacial score (nSPS) is 13.8. The van der Waals surface area contributed by atoms with Gasteiger partial charge in [0.25, 0.3) is 0 Å². The number of likely N-dealkylation sites (N-methyl/N-ethyl adjacent to an activating group) is 1. The number of aromatic nitrogens is 1. The zero-order chi connectivity index (χ0) is 12.7. The number of rotatable bonds is 6. The third kappa shape index (κ3) is 4.70.